The van der Waals surface area contributed by atoms with Crippen LogP contribution in [0.1, 0.15) is 71.4 Å². The molecule has 0 fully saturated rings. The first kappa shape index (κ1) is 25.8. The van der Waals surface area contributed by atoms with Gasteiger partial charge in [0.1, 0.15) is 17.1 Å². The number of anilines is 3. The van der Waals surface area contributed by atoms with Crippen LogP contribution >= 0.6 is 22.2 Å². The van der Waals surface area contributed by atoms with E-state index in [1.165, 1.54) is 11.1 Å². The van der Waals surface area contributed by atoms with Crippen molar-refractivity contribution in [1.29, 1.82) is 0 Å². The molecule has 6 heteroatoms. The monoisotopic (exact) mass is 524 g/mol. The van der Waals surface area contributed by atoms with E-state index in [-0.39, 0.29) is 5.54 Å². The SMILES string of the molecule is CC(C)c1cccc(C(C)C)c1N1C(N(c2ccccc2)c2ccccc2)=[N+](C(C)(C)C)[Si]1(Cl)Cl. The highest BCUT2D eigenvalue weighted by molar-refractivity contribution is 7.45. The Morgan fingerprint density at radius 3 is 1.51 bits per heavy atom. The Kier molecular flexibility index (Phi) is 7.11. The molecule has 1 aliphatic rings. The lowest BCUT2D eigenvalue weighted by atomic mass is 9.92. The summed E-state index contributed by atoms with van der Waals surface area (Å²) in [5.41, 5.74) is 5.55. The first-order valence-electron chi connectivity index (χ1n) is 12.3. The molecule has 3 nitrogen and oxygen atoms in total. The third-order valence-electron chi connectivity index (χ3n) is 6.40. The van der Waals surface area contributed by atoms with Crippen LogP contribution < -0.4 is 9.47 Å². The minimum absolute atomic E-state index is 0.270. The number of hydrogen-bond acceptors (Lipinski definition) is 2. The fraction of sp³-hybridized carbons (Fsp3) is 0.345. The van der Waals surface area contributed by atoms with Gasteiger partial charge < -0.3 is 0 Å². The van der Waals surface area contributed by atoms with Crippen LogP contribution in [0, 0.1) is 0 Å². The van der Waals surface area contributed by atoms with Crippen molar-refractivity contribution in [1.82, 2.24) is 0 Å². The van der Waals surface area contributed by atoms with Crippen molar-refractivity contribution < 1.29 is 4.24 Å². The molecular weight excluding hydrogens is 489 g/mol. The van der Waals surface area contributed by atoms with Gasteiger partial charge in [0.2, 0.25) is 0 Å². The Balaban J connectivity index is 2.09. The summed E-state index contributed by atoms with van der Waals surface area (Å²) >= 11 is 14.9. The van der Waals surface area contributed by atoms with Crippen LogP contribution in [0.2, 0.25) is 0 Å². The second-order valence-corrected chi connectivity index (χ2v) is 16.4. The summed E-state index contributed by atoms with van der Waals surface area (Å²) in [4.78, 5) is 2.29. The van der Waals surface area contributed by atoms with E-state index in [0.29, 0.717) is 11.8 Å². The summed E-state index contributed by atoms with van der Waals surface area (Å²) < 4.78 is 4.52. The molecule has 4 rings (SSSR count). The molecule has 3 aromatic carbocycles. The Bertz CT molecular complexity index is 1150. The van der Waals surface area contributed by atoms with Crippen LogP contribution in [0.15, 0.2) is 78.9 Å². The third-order valence-corrected chi connectivity index (χ3v) is 10.8. The van der Waals surface area contributed by atoms with Gasteiger partial charge in [-0.15, -0.1) is 0 Å². The molecule has 184 valence electrons. The van der Waals surface area contributed by atoms with Crippen LogP contribution in [-0.2, 0) is 0 Å². The molecule has 0 aromatic heterocycles. The first-order valence-corrected chi connectivity index (χ1v) is 16.3. The molecule has 0 bridgehead atoms. The Hall–Kier alpha value is -2.27. The molecular formula is C29H36Cl2N3Si+. The van der Waals surface area contributed by atoms with Crippen molar-refractivity contribution in [3.63, 3.8) is 0 Å². The number of halogens is 2. The fourth-order valence-corrected chi connectivity index (χ4v) is 10.0. The molecule has 0 aliphatic carbocycles. The molecule has 1 heterocycles. The van der Waals surface area contributed by atoms with Crippen molar-refractivity contribution in [2.45, 2.75) is 65.8 Å². The number of rotatable bonds is 5. The molecule has 0 atom stereocenters. The van der Waals surface area contributed by atoms with Crippen LogP contribution in [0.3, 0.4) is 0 Å². The normalized spacial score (nSPS) is 15.6. The zero-order valence-corrected chi connectivity index (χ0v) is 24.3. The number of benzene rings is 3. The highest BCUT2D eigenvalue weighted by Gasteiger charge is 2.69. The quantitative estimate of drug-likeness (QED) is 0.244. The zero-order chi connectivity index (χ0) is 25.5. The maximum atomic E-state index is 7.43. The summed E-state index contributed by atoms with van der Waals surface area (Å²) in [6.45, 7) is 15.5. The molecule has 35 heavy (non-hydrogen) atoms. The van der Waals surface area contributed by atoms with E-state index in [1.807, 2.05) is 12.1 Å². The lowest BCUT2D eigenvalue weighted by Crippen LogP contribution is -2.78. The number of hydrogen-bond donors (Lipinski definition) is 0. The van der Waals surface area contributed by atoms with Gasteiger partial charge in [0.05, 0.1) is 5.54 Å². The van der Waals surface area contributed by atoms with Crippen LogP contribution in [0.25, 0.3) is 0 Å². The number of guanidine groups is 1. The first-order chi connectivity index (χ1) is 16.5. The molecule has 3 aromatic rings. The minimum Gasteiger partial charge on any atom is -0.246 e. The Morgan fingerprint density at radius 1 is 0.714 bits per heavy atom. The molecule has 0 unspecified atom stereocenters. The second-order valence-electron chi connectivity index (χ2n) is 10.8. The number of para-hydroxylation sites is 3. The van der Waals surface area contributed by atoms with Gasteiger partial charge >= 0.3 is 13.0 Å². The van der Waals surface area contributed by atoms with Gasteiger partial charge in [0.25, 0.3) is 0 Å². The van der Waals surface area contributed by atoms with Crippen molar-refractivity contribution >= 4 is 52.2 Å². The highest BCUT2D eigenvalue weighted by atomic mass is 35.7. The molecule has 0 radical (unpaired) electrons. The topological polar surface area (TPSA) is 9.49 Å². The fourth-order valence-electron chi connectivity index (χ4n) is 4.84. The maximum Gasteiger partial charge on any atom is 0.626 e. The molecule has 0 saturated heterocycles. The van der Waals surface area contributed by atoms with E-state index in [2.05, 4.69) is 129 Å². The van der Waals surface area contributed by atoms with Gasteiger partial charge in [-0.3, -0.25) is 0 Å². The van der Waals surface area contributed by atoms with Crippen LogP contribution in [0.5, 0.6) is 0 Å². The molecule has 0 saturated carbocycles. The van der Waals surface area contributed by atoms with Crippen molar-refractivity contribution in [2.24, 2.45) is 0 Å². The van der Waals surface area contributed by atoms with Crippen molar-refractivity contribution in [3.8, 4) is 0 Å². The highest BCUT2D eigenvalue weighted by Crippen LogP contribution is 2.47. The Morgan fingerprint density at radius 2 is 1.14 bits per heavy atom. The lowest BCUT2D eigenvalue weighted by molar-refractivity contribution is -0.490. The zero-order valence-electron chi connectivity index (χ0n) is 21.8. The van der Waals surface area contributed by atoms with E-state index in [0.717, 1.165) is 23.0 Å². The summed E-state index contributed by atoms with van der Waals surface area (Å²) in [6.07, 6.45) is 0. The summed E-state index contributed by atoms with van der Waals surface area (Å²) in [7, 11) is -3.10. The Labute approximate surface area is 221 Å². The smallest absolute Gasteiger partial charge is 0.246 e. The molecule has 0 amide bonds. The minimum atomic E-state index is -3.10. The maximum absolute atomic E-state index is 7.43. The predicted octanol–water partition coefficient (Wildman–Crippen LogP) is 8.67. The van der Waals surface area contributed by atoms with E-state index in [9.17, 15) is 0 Å². The average Bonchev–Trinajstić information content (AvgIpc) is 2.79. The van der Waals surface area contributed by atoms with Crippen molar-refractivity contribution in [2.75, 3.05) is 9.47 Å². The van der Waals surface area contributed by atoms with Gasteiger partial charge in [0.15, 0.2) is 0 Å². The molecule has 0 N–H and O–H groups in total. The third kappa shape index (κ3) is 4.64. The lowest BCUT2D eigenvalue weighted by Gasteiger charge is -2.48. The largest absolute Gasteiger partial charge is 0.626 e. The van der Waals surface area contributed by atoms with Crippen LogP contribution in [-0.4, -0.2) is 22.8 Å². The van der Waals surface area contributed by atoms with Gasteiger partial charge in [-0.05, 0) is 68.0 Å². The van der Waals surface area contributed by atoms with Crippen molar-refractivity contribution in [3.05, 3.63) is 90.0 Å². The number of nitrogens with zero attached hydrogens (tertiary/aromatic N) is 3. The van der Waals surface area contributed by atoms with Gasteiger partial charge in [0, 0.05) is 0 Å². The molecule has 1 aliphatic heterocycles. The second kappa shape index (κ2) is 9.65. The summed E-state index contributed by atoms with van der Waals surface area (Å²) in [5.74, 6) is 1.66. The van der Waals surface area contributed by atoms with Gasteiger partial charge in [-0.25, -0.2) is 13.7 Å². The summed E-state index contributed by atoms with van der Waals surface area (Å²) in [6, 6.07) is 27.5. The van der Waals surface area contributed by atoms with E-state index in [4.69, 9.17) is 22.2 Å². The van der Waals surface area contributed by atoms with Crippen LogP contribution in [0.4, 0.5) is 17.1 Å². The summed E-state index contributed by atoms with van der Waals surface area (Å²) in [5, 5.41) is 0. The molecule has 0 spiro atoms. The van der Waals surface area contributed by atoms with E-state index < -0.39 is 7.02 Å². The van der Waals surface area contributed by atoms with Gasteiger partial charge in [-0.1, -0.05) is 104 Å². The van der Waals surface area contributed by atoms with E-state index in [1.54, 1.807) is 0 Å². The predicted molar refractivity (Wildman–Crippen MR) is 155 cm³/mol. The van der Waals surface area contributed by atoms with E-state index >= 15 is 0 Å². The standard InChI is InChI=1S/C29H36Cl2N3Si/c1-21(2)25-19-14-20-26(22(3)4)27(25)33-28(34(29(5,6)7)35(33,30)31)32(23-15-10-8-11-16-23)24-17-12-9-13-18-24/h8-22H,1-7H3/q+1. The average molecular weight is 526 g/mol. The van der Waals surface area contributed by atoms with Gasteiger partial charge in [-0.2, -0.15) is 0 Å².